The fourth-order valence-electron chi connectivity index (χ4n) is 3.74. The van der Waals surface area contributed by atoms with Gasteiger partial charge in [-0.05, 0) is 55.3 Å². The van der Waals surface area contributed by atoms with Gasteiger partial charge < -0.3 is 14.4 Å². The minimum Gasteiger partial charge on any atom is -0.496 e. The second kappa shape index (κ2) is 5.04. The second-order valence-electron chi connectivity index (χ2n) is 5.75. The molecule has 1 aromatic rings. The van der Waals surface area contributed by atoms with E-state index >= 15 is 0 Å². The van der Waals surface area contributed by atoms with E-state index in [4.69, 9.17) is 9.47 Å². The van der Waals surface area contributed by atoms with Crippen molar-refractivity contribution in [3.05, 3.63) is 22.8 Å². The van der Waals surface area contributed by atoms with Crippen molar-refractivity contribution in [1.82, 2.24) is 4.90 Å². The predicted octanol–water partition coefficient (Wildman–Crippen LogP) is 2.61. The Balaban J connectivity index is 2.20. The first-order chi connectivity index (χ1) is 9.24. The normalized spacial score (nSPS) is 22.6. The van der Waals surface area contributed by atoms with Crippen LogP contribution in [0.5, 0.6) is 11.5 Å². The van der Waals surface area contributed by atoms with Crippen molar-refractivity contribution >= 4 is 0 Å². The molecule has 0 N–H and O–H groups in total. The fourth-order valence-corrected chi connectivity index (χ4v) is 3.74. The van der Waals surface area contributed by atoms with Crippen molar-refractivity contribution in [2.45, 2.75) is 31.6 Å². The van der Waals surface area contributed by atoms with Gasteiger partial charge in [-0.25, -0.2) is 0 Å². The number of hydrogen-bond acceptors (Lipinski definition) is 3. The summed E-state index contributed by atoms with van der Waals surface area (Å²) in [5.74, 6) is 2.68. The van der Waals surface area contributed by atoms with Gasteiger partial charge in [0, 0.05) is 19.2 Å². The van der Waals surface area contributed by atoms with E-state index in [1.54, 1.807) is 14.2 Å². The van der Waals surface area contributed by atoms with Crippen LogP contribution in [0, 0.1) is 0 Å². The summed E-state index contributed by atoms with van der Waals surface area (Å²) in [6.45, 7) is 2.28. The maximum absolute atomic E-state index is 5.62. The summed E-state index contributed by atoms with van der Waals surface area (Å²) in [6, 6.07) is 2.09. The van der Waals surface area contributed by atoms with E-state index in [1.165, 1.54) is 29.5 Å². The van der Waals surface area contributed by atoms with Gasteiger partial charge in [-0.2, -0.15) is 0 Å². The number of likely N-dealkylation sites (N-methyl/N-ethyl adjacent to an activating group) is 1. The molecule has 2 aliphatic rings. The zero-order valence-corrected chi connectivity index (χ0v) is 12.2. The number of benzene rings is 1. The predicted molar refractivity (Wildman–Crippen MR) is 76.4 cm³/mol. The van der Waals surface area contributed by atoms with Crippen LogP contribution in [0.15, 0.2) is 6.07 Å². The van der Waals surface area contributed by atoms with Crippen LogP contribution in [0.2, 0.25) is 0 Å². The Kier molecular flexibility index (Phi) is 3.40. The first kappa shape index (κ1) is 12.8. The molecule has 3 heteroatoms. The Labute approximate surface area is 115 Å². The van der Waals surface area contributed by atoms with Crippen molar-refractivity contribution in [2.75, 3.05) is 34.4 Å². The quantitative estimate of drug-likeness (QED) is 0.817. The zero-order valence-electron chi connectivity index (χ0n) is 12.2. The van der Waals surface area contributed by atoms with Crippen molar-refractivity contribution in [3.8, 4) is 11.5 Å². The highest BCUT2D eigenvalue weighted by Crippen LogP contribution is 2.44. The summed E-state index contributed by atoms with van der Waals surface area (Å²) in [7, 11) is 5.76. The average molecular weight is 261 g/mol. The molecule has 0 saturated heterocycles. The molecule has 19 heavy (non-hydrogen) atoms. The Bertz CT molecular complexity index is 484. The van der Waals surface area contributed by atoms with E-state index in [2.05, 4.69) is 18.0 Å². The van der Waals surface area contributed by atoms with Crippen LogP contribution in [0.1, 0.15) is 35.4 Å². The molecule has 0 saturated carbocycles. The third-order valence-corrected chi connectivity index (χ3v) is 4.61. The molecule has 1 heterocycles. The summed E-state index contributed by atoms with van der Waals surface area (Å²) < 4.78 is 11.2. The number of hydrogen-bond donors (Lipinski definition) is 0. The van der Waals surface area contributed by atoms with Crippen LogP contribution in [-0.2, 0) is 12.8 Å². The lowest BCUT2D eigenvalue weighted by molar-refractivity contribution is 0.312. The molecule has 1 aliphatic carbocycles. The van der Waals surface area contributed by atoms with E-state index in [-0.39, 0.29) is 0 Å². The van der Waals surface area contributed by atoms with Crippen molar-refractivity contribution in [3.63, 3.8) is 0 Å². The van der Waals surface area contributed by atoms with E-state index in [0.717, 1.165) is 37.4 Å². The molecule has 0 amide bonds. The maximum Gasteiger partial charge on any atom is 0.126 e. The molecule has 1 unspecified atom stereocenters. The van der Waals surface area contributed by atoms with Gasteiger partial charge in [0.25, 0.3) is 0 Å². The molecule has 3 rings (SSSR count). The van der Waals surface area contributed by atoms with E-state index in [1.807, 2.05) is 0 Å². The van der Waals surface area contributed by atoms with Crippen molar-refractivity contribution in [2.24, 2.45) is 0 Å². The molecule has 1 aromatic carbocycles. The SMILES string of the molecule is COc1cc(OC)c2c3c1CCCC3CN(C)CC2. The third-order valence-electron chi connectivity index (χ3n) is 4.61. The summed E-state index contributed by atoms with van der Waals surface area (Å²) in [5, 5.41) is 0. The van der Waals surface area contributed by atoms with Crippen LogP contribution >= 0.6 is 0 Å². The standard InChI is InChI=1S/C16H23NO2/c1-17-8-7-13-15(19-3)9-14(18-2)12-6-4-5-11(10-17)16(12)13/h9,11H,4-8,10H2,1-3H3. The first-order valence-corrected chi connectivity index (χ1v) is 7.19. The van der Waals surface area contributed by atoms with Crippen LogP contribution in [-0.4, -0.2) is 39.3 Å². The molecule has 1 atom stereocenters. The highest BCUT2D eigenvalue weighted by Gasteiger charge is 2.31. The third kappa shape index (κ3) is 2.10. The van der Waals surface area contributed by atoms with Gasteiger partial charge in [-0.1, -0.05) is 0 Å². The van der Waals surface area contributed by atoms with Crippen molar-refractivity contribution in [1.29, 1.82) is 0 Å². The summed E-state index contributed by atoms with van der Waals surface area (Å²) >= 11 is 0. The molecule has 0 spiro atoms. The van der Waals surface area contributed by atoms with E-state index in [9.17, 15) is 0 Å². The number of methoxy groups -OCH3 is 2. The monoisotopic (exact) mass is 261 g/mol. The zero-order chi connectivity index (χ0) is 13.4. The van der Waals surface area contributed by atoms with Gasteiger partial charge in [0.2, 0.25) is 0 Å². The molecule has 0 aromatic heterocycles. The molecular formula is C16H23NO2. The van der Waals surface area contributed by atoms with Gasteiger partial charge >= 0.3 is 0 Å². The number of rotatable bonds is 2. The molecule has 0 radical (unpaired) electrons. The van der Waals surface area contributed by atoms with Gasteiger partial charge in [0.05, 0.1) is 14.2 Å². The summed E-state index contributed by atoms with van der Waals surface area (Å²) in [5.41, 5.74) is 4.39. The lowest BCUT2D eigenvalue weighted by Gasteiger charge is -2.29. The molecule has 104 valence electrons. The second-order valence-corrected chi connectivity index (χ2v) is 5.75. The Hall–Kier alpha value is -1.22. The lowest BCUT2D eigenvalue weighted by atomic mass is 9.79. The van der Waals surface area contributed by atoms with Gasteiger partial charge in [-0.15, -0.1) is 0 Å². The Morgan fingerprint density at radius 2 is 1.79 bits per heavy atom. The van der Waals surface area contributed by atoms with Crippen LogP contribution in [0.3, 0.4) is 0 Å². The number of nitrogens with zero attached hydrogens (tertiary/aromatic N) is 1. The Morgan fingerprint density at radius 3 is 2.47 bits per heavy atom. The molecule has 1 aliphatic heterocycles. The minimum absolute atomic E-state index is 0.648. The average Bonchev–Trinajstić information content (AvgIpc) is 2.60. The van der Waals surface area contributed by atoms with Crippen LogP contribution in [0.25, 0.3) is 0 Å². The highest BCUT2D eigenvalue weighted by molar-refractivity contribution is 5.56. The Morgan fingerprint density at radius 1 is 1.11 bits per heavy atom. The molecule has 0 fully saturated rings. The molecular weight excluding hydrogens is 238 g/mol. The maximum atomic E-state index is 5.62. The van der Waals surface area contributed by atoms with Gasteiger partial charge in [-0.3, -0.25) is 0 Å². The number of ether oxygens (including phenoxy) is 2. The first-order valence-electron chi connectivity index (χ1n) is 7.19. The highest BCUT2D eigenvalue weighted by atomic mass is 16.5. The largest absolute Gasteiger partial charge is 0.496 e. The van der Waals surface area contributed by atoms with Crippen LogP contribution in [0.4, 0.5) is 0 Å². The lowest BCUT2D eigenvalue weighted by Crippen LogP contribution is -2.25. The summed E-state index contributed by atoms with van der Waals surface area (Å²) in [4.78, 5) is 2.45. The van der Waals surface area contributed by atoms with E-state index in [0.29, 0.717) is 5.92 Å². The molecule has 3 nitrogen and oxygen atoms in total. The summed E-state index contributed by atoms with van der Waals surface area (Å²) in [6.07, 6.45) is 4.80. The van der Waals surface area contributed by atoms with Gasteiger partial charge in [0.15, 0.2) is 0 Å². The topological polar surface area (TPSA) is 21.7 Å². The van der Waals surface area contributed by atoms with E-state index < -0.39 is 0 Å². The molecule has 0 bridgehead atoms. The van der Waals surface area contributed by atoms with Crippen molar-refractivity contribution < 1.29 is 9.47 Å². The van der Waals surface area contributed by atoms with Gasteiger partial charge in [0.1, 0.15) is 11.5 Å². The fraction of sp³-hybridized carbons (Fsp3) is 0.625. The van der Waals surface area contributed by atoms with Crippen LogP contribution < -0.4 is 9.47 Å². The smallest absolute Gasteiger partial charge is 0.126 e. The minimum atomic E-state index is 0.648.